The summed E-state index contributed by atoms with van der Waals surface area (Å²) >= 11 is 0. The Labute approximate surface area is 198 Å². The van der Waals surface area contributed by atoms with Gasteiger partial charge in [-0.25, -0.2) is 5.20 Å². The number of allylic oxidation sites excluding steroid dienone is 4. The van der Waals surface area contributed by atoms with E-state index in [1.54, 1.807) is 5.57 Å². The molecule has 145 valence electrons. The summed E-state index contributed by atoms with van der Waals surface area (Å²) in [6, 6.07) is 12.8. The molecule has 1 aliphatic rings. The predicted octanol–water partition coefficient (Wildman–Crippen LogP) is -0.235. The van der Waals surface area contributed by atoms with Gasteiger partial charge in [-0.3, -0.25) is 6.08 Å². The van der Waals surface area contributed by atoms with Gasteiger partial charge in [0.25, 0.3) is 0 Å². The van der Waals surface area contributed by atoms with E-state index >= 15 is 0 Å². The van der Waals surface area contributed by atoms with Crippen LogP contribution in [0.1, 0.15) is 38.2 Å². The van der Waals surface area contributed by atoms with Crippen molar-refractivity contribution in [3.63, 3.8) is 0 Å². The van der Waals surface area contributed by atoms with Crippen LogP contribution in [-0.4, -0.2) is 20.5 Å². The van der Waals surface area contributed by atoms with Crippen molar-refractivity contribution in [2.24, 2.45) is 0 Å². The summed E-state index contributed by atoms with van der Waals surface area (Å²) in [6.45, 7) is 9.33. The van der Waals surface area contributed by atoms with E-state index < -0.39 is 0 Å². The van der Waals surface area contributed by atoms with Crippen LogP contribution in [0.4, 0.5) is 0 Å². The number of fused-ring (bicyclic) bond motifs is 1. The Bertz CT molecular complexity index is 702. The molecule has 0 saturated heterocycles. The molecular formula is C22H29Cl2OSiZr. The first-order valence-electron chi connectivity index (χ1n) is 8.92. The Hall–Kier alpha value is -0.0500. The summed E-state index contributed by atoms with van der Waals surface area (Å²) < 4.78 is 0. The molecule has 0 aliphatic heterocycles. The van der Waals surface area contributed by atoms with Crippen LogP contribution in [0.25, 0.3) is 10.8 Å². The van der Waals surface area contributed by atoms with E-state index in [1.807, 2.05) is 0 Å². The third-order valence-corrected chi connectivity index (χ3v) is 5.94. The van der Waals surface area contributed by atoms with Crippen molar-refractivity contribution < 1.29 is 56.1 Å². The van der Waals surface area contributed by atoms with Crippen molar-refractivity contribution in [1.29, 1.82) is 0 Å². The van der Waals surface area contributed by atoms with Crippen molar-refractivity contribution >= 4 is 19.6 Å². The van der Waals surface area contributed by atoms with E-state index in [0.29, 0.717) is 6.61 Å². The Kier molecular flexibility index (Phi) is 16.1. The van der Waals surface area contributed by atoms with Crippen molar-refractivity contribution in [2.45, 2.75) is 52.6 Å². The number of halogens is 2. The maximum absolute atomic E-state index is 8.82. The number of aryl methyl sites for hydroxylation is 1. The van der Waals surface area contributed by atoms with Crippen molar-refractivity contribution in [1.82, 2.24) is 0 Å². The number of rotatable bonds is 5. The van der Waals surface area contributed by atoms with Crippen LogP contribution in [0.5, 0.6) is 0 Å². The predicted molar refractivity (Wildman–Crippen MR) is 107 cm³/mol. The van der Waals surface area contributed by atoms with E-state index in [2.05, 4.69) is 69.4 Å². The molecule has 3 rings (SSSR count). The fraction of sp³-hybridized carbons (Fsp3) is 0.409. The largest absolute Gasteiger partial charge is 4.00 e. The molecule has 1 radical (unpaired) electrons. The van der Waals surface area contributed by atoms with Gasteiger partial charge in [0.2, 0.25) is 0 Å². The van der Waals surface area contributed by atoms with Crippen LogP contribution >= 0.6 is 0 Å². The van der Waals surface area contributed by atoms with Gasteiger partial charge in [0.05, 0.1) is 0 Å². The molecule has 0 atom stereocenters. The first kappa shape index (κ1) is 29.2. The number of hydrogen-bond donors (Lipinski definition) is 1. The molecule has 1 nitrogen and oxygen atoms in total. The molecular weight excluding hydrogens is 470 g/mol. The van der Waals surface area contributed by atoms with Gasteiger partial charge in [-0.2, -0.15) is 17.2 Å². The summed E-state index contributed by atoms with van der Waals surface area (Å²) in [5.74, 6) is 0. The standard InChI is InChI=1S/C12H20OSi.C10H9.2ClH.Zr/c1-4-11-10(6-5-9-13)7-8-12(11)14(2)3;1-8-6-9-4-2-3-5-10(9)7-8;;;/h13H,4-7,9H2,1-3H3;2-7H,1H3;2*1H;/q2*-1;;;+4/p-2. The Morgan fingerprint density at radius 3 is 2.41 bits per heavy atom. The maximum Gasteiger partial charge on any atom is 4.00 e. The SMILES string of the molecule is CCC1=C(CCCO)C[C-]=C1[Si](C)C.Cc1cc2ccccc2[cH-]1.[Cl-].[Cl-].[Zr+4]. The van der Waals surface area contributed by atoms with E-state index in [4.69, 9.17) is 5.11 Å². The van der Waals surface area contributed by atoms with Crippen molar-refractivity contribution in [3.05, 3.63) is 64.4 Å². The van der Waals surface area contributed by atoms with E-state index in [-0.39, 0.29) is 59.8 Å². The van der Waals surface area contributed by atoms with E-state index in [9.17, 15) is 0 Å². The zero-order chi connectivity index (χ0) is 17.5. The fourth-order valence-electron chi connectivity index (χ4n) is 3.33. The van der Waals surface area contributed by atoms with Gasteiger partial charge < -0.3 is 29.9 Å². The molecule has 0 saturated carbocycles. The second-order valence-electron chi connectivity index (χ2n) is 6.65. The second-order valence-corrected chi connectivity index (χ2v) is 9.15. The fourth-order valence-corrected chi connectivity index (χ4v) is 4.73. The molecule has 5 heteroatoms. The average Bonchev–Trinajstić information content (AvgIpc) is 3.15. The molecule has 0 bridgehead atoms. The average molecular weight is 500 g/mol. The van der Waals surface area contributed by atoms with Crippen molar-refractivity contribution in [2.75, 3.05) is 6.61 Å². The van der Waals surface area contributed by atoms with Gasteiger partial charge in [-0.05, 0) is 12.8 Å². The second kappa shape index (κ2) is 14.9. The molecule has 27 heavy (non-hydrogen) atoms. The van der Waals surface area contributed by atoms with E-state index in [0.717, 1.165) is 25.7 Å². The summed E-state index contributed by atoms with van der Waals surface area (Å²) in [5, 5.41) is 13.0. The summed E-state index contributed by atoms with van der Waals surface area (Å²) in [5.41, 5.74) is 4.43. The molecule has 0 unspecified atom stereocenters. The van der Waals surface area contributed by atoms with Gasteiger partial charge >= 0.3 is 26.2 Å². The van der Waals surface area contributed by atoms with Gasteiger partial charge in [-0.1, -0.05) is 39.4 Å². The molecule has 1 N–H and O–H groups in total. The number of aliphatic hydroxyl groups excluding tert-OH is 1. The Morgan fingerprint density at radius 1 is 1.19 bits per heavy atom. The van der Waals surface area contributed by atoms with Gasteiger partial charge in [-0.15, -0.1) is 47.0 Å². The zero-order valence-electron chi connectivity index (χ0n) is 16.7. The van der Waals surface area contributed by atoms with Gasteiger partial charge in [0.1, 0.15) is 0 Å². The molecule has 0 amide bonds. The number of benzene rings is 1. The van der Waals surface area contributed by atoms with Gasteiger partial charge in [0, 0.05) is 15.4 Å². The van der Waals surface area contributed by atoms with Crippen LogP contribution < -0.4 is 24.8 Å². The minimum absolute atomic E-state index is 0. The number of aliphatic hydroxyl groups is 1. The molecule has 0 aromatic heterocycles. The first-order chi connectivity index (χ1) is 11.6. The van der Waals surface area contributed by atoms with Crippen LogP contribution in [0.3, 0.4) is 0 Å². The quantitative estimate of drug-likeness (QED) is 0.445. The number of hydrogen-bond acceptors (Lipinski definition) is 1. The van der Waals surface area contributed by atoms with E-state index in [1.165, 1.54) is 27.1 Å². The molecule has 2 aromatic carbocycles. The smallest absolute Gasteiger partial charge is 1.00 e. The minimum Gasteiger partial charge on any atom is -1.00 e. The van der Waals surface area contributed by atoms with Crippen LogP contribution in [0.2, 0.25) is 13.1 Å². The summed E-state index contributed by atoms with van der Waals surface area (Å²) in [4.78, 5) is 0. The molecule has 2 aromatic rings. The normalized spacial score (nSPS) is 12.6. The van der Waals surface area contributed by atoms with Crippen LogP contribution in [0, 0.1) is 13.0 Å². The summed E-state index contributed by atoms with van der Waals surface area (Å²) in [7, 11) is -0.344. The molecule has 1 aliphatic carbocycles. The Morgan fingerprint density at radius 2 is 1.85 bits per heavy atom. The molecule has 0 spiro atoms. The van der Waals surface area contributed by atoms with Gasteiger partial charge in [0.15, 0.2) is 0 Å². The molecule has 0 fully saturated rings. The maximum atomic E-state index is 8.82. The first-order valence-corrected chi connectivity index (χ1v) is 11.4. The minimum atomic E-state index is -0.344. The third-order valence-electron chi connectivity index (χ3n) is 4.46. The zero-order valence-corrected chi connectivity index (χ0v) is 21.7. The summed E-state index contributed by atoms with van der Waals surface area (Å²) in [6.07, 6.45) is 7.65. The third kappa shape index (κ3) is 8.46. The van der Waals surface area contributed by atoms with Crippen LogP contribution in [-0.2, 0) is 26.2 Å². The Balaban J connectivity index is 0. The van der Waals surface area contributed by atoms with Crippen molar-refractivity contribution in [3.8, 4) is 0 Å². The molecule has 0 heterocycles. The topological polar surface area (TPSA) is 20.2 Å². The van der Waals surface area contributed by atoms with Crippen LogP contribution in [0.15, 0.2) is 52.7 Å². The monoisotopic (exact) mass is 497 g/mol.